The molecule has 1 aromatic heterocycles. The molecule has 0 unspecified atom stereocenters. The summed E-state index contributed by atoms with van der Waals surface area (Å²) in [4.78, 5) is 15.3. The molecule has 1 fully saturated rings. The molecular formula is C26H25N3O3S. The number of aromatic hydroxyl groups is 1. The fraction of sp³-hybridized carbons (Fsp3) is 0.192. The van der Waals surface area contributed by atoms with Gasteiger partial charge in [0.25, 0.3) is 5.91 Å². The number of hydrogen-bond donors (Lipinski definition) is 1. The molecule has 1 N–H and O–H groups in total. The molecule has 0 aliphatic carbocycles. The van der Waals surface area contributed by atoms with E-state index in [0.717, 1.165) is 11.1 Å². The van der Waals surface area contributed by atoms with Gasteiger partial charge in [-0.3, -0.25) is 9.69 Å². The zero-order chi connectivity index (χ0) is 23.4. The highest BCUT2D eigenvalue weighted by Crippen LogP contribution is 2.34. The van der Waals surface area contributed by atoms with Crippen molar-refractivity contribution in [2.24, 2.45) is 10.2 Å². The molecule has 1 amide bonds. The minimum absolute atomic E-state index is 0.0682. The number of thioether (sulfide) groups is 1. The normalized spacial score (nSPS) is 17.1. The van der Waals surface area contributed by atoms with E-state index in [-0.39, 0.29) is 23.6 Å². The molecule has 168 valence electrons. The molecule has 33 heavy (non-hydrogen) atoms. The van der Waals surface area contributed by atoms with E-state index in [1.807, 2.05) is 24.3 Å². The molecule has 0 spiro atoms. The predicted octanol–water partition coefficient (Wildman–Crippen LogP) is 5.79. The quantitative estimate of drug-likeness (QED) is 0.298. The second kappa shape index (κ2) is 9.50. The van der Waals surface area contributed by atoms with Gasteiger partial charge < -0.3 is 9.52 Å². The highest BCUT2D eigenvalue weighted by atomic mass is 32.2. The van der Waals surface area contributed by atoms with E-state index in [9.17, 15) is 9.90 Å². The van der Waals surface area contributed by atoms with Crippen molar-refractivity contribution < 1.29 is 14.3 Å². The van der Waals surface area contributed by atoms with Crippen molar-refractivity contribution in [3.8, 4) is 5.75 Å². The number of hydrogen-bond acceptors (Lipinski definition) is 6. The first-order valence-corrected chi connectivity index (χ1v) is 11.4. The Bertz CT molecular complexity index is 1200. The number of phenolic OH excluding ortho intramolecular Hbond substituents is 1. The number of carbonyl (C=O) groups excluding carboxylic acids is 1. The van der Waals surface area contributed by atoms with Gasteiger partial charge in [-0.25, -0.2) is 0 Å². The van der Waals surface area contributed by atoms with Crippen LogP contribution in [0.4, 0.5) is 0 Å². The zero-order valence-electron chi connectivity index (χ0n) is 18.7. The van der Waals surface area contributed by atoms with Gasteiger partial charge in [0.2, 0.25) is 0 Å². The van der Waals surface area contributed by atoms with Crippen LogP contribution in [0.25, 0.3) is 6.08 Å². The van der Waals surface area contributed by atoms with Gasteiger partial charge in [0.15, 0.2) is 5.17 Å². The van der Waals surface area contributed by atoms with E-state index in [1.165, 1.54) is 17.3 Å². The number of nitrogens with zero attached hydrogens (tertiary/aromatic N) is 3. The second-order valence-electron chi connectivity index (χ2n) is 8.67. The highest BCUT2D eigenvalue weighted by Gasteiger charge is 2.34. The molecule has 2 aromatic carbocycles. The number of phenols is 1. The van der Waals surface area contributed by atoms with Crippen LogP contribution in [-0.4, -0.2) is 27.3 Å². The lowest BCUT2D eigenvalue weighted by atomic mass is 9.87. The van der Waals surface area contributed by atoms with Crippen molar-refractivity contribution in [2.75, 3.05) is 0 Å². The molecule has 2 heterocycles. The van der Waals surface area contributed by atoms with Gasteiger partial charge in [0, 0.05) is 0 Å². The Labute approximate surface area is 197 Å². The first-order chi connectivity index (χ1) is 15.8. The predicted molar refractivity (Wildman–Crippen MR) is 133 cm³/mol. The van der Waals surface area contributed by atoms with Crippen LogP contribution in [0.3, 0.4) is 0 Å². The summed E-state index contributed by atoms with van der Waals surface area (Å²) in [5.74, 6) is 0.704. The first-order valence-electron chi connectivity index (χ1n) is 10.5. The summed E-state index contributed by atoms with van der Waals surface area (Å²) in [5.41, 5.74) is 3.04. The zero-order valence-corrected chi connectivity index (χ0v) is 19.5. The van der Waals surface area contributed by atoms with Gasteiger partial charge in [-0.1, -0.05) is 45.0 Å². The van der Waals surface area contributed by atoms with Crippen LogP contribution in [0, 0.1) is 0 Å². The number of amidine groups is 1. The largest absolute Gasteiger partial charge is 0.508 e. The van der Waals surface area contributed by atoms with E-state index < -0.39 is 0 Å². The molecule has 3 aromatic rings. The average Bonchev–Trinajstić information content (AvgIpc) is 3.39. The van der Waals surface area contributed by atoms with Gasteiger partial charge in [0.1, 0.15) is 11.5 Å². The third kappa shape index (κ3) is 5.62. The second-order valence-corrected chi connectivity index (χ2v) is 9.68. The van der Waals surface area contributed by atoms with Crippen LogP contribution in [0.5, 0.6) is 5.75 Å². The summed E-state index contributed by atoms with van der Waals surface area (Å²) in [5, 5.41) is 18.3. The number of carbonyl (C=O) groups is 1. The van der Waals surface area contributed by atoms with E-state index in [1.54, 1.807) is 47.7 Å². The van der Waals surface area contributed by atoms with Crippen molar-refractivity contribution >= 4 is 35.1 Å². The Kier molecular flexibility index (Phi) is 6.51. The first kappa shape index (κ1) is 22.6. The number of benzene rings is 2. The smallest absolute Gasteiger partial charge is 0.267 e. The van der Waals surface area contributed by atoms with Crippen molar-refractivity contribution in [3.63, 3.8) is 0 Å². The van der Waals surface area contributed by atoms with Crippen molar-refractivity contribution in [1.82, 2.24) is 4.90 Å². The van der Waals surface area contributed by atoms with Gasteiger partial charge in [0.05, 0.1) is 23.9 Å². The molecule has 4 rings (SSSR count). The summed E-state index contributed by atoms with van der Waals surface area (Å²) in [7, 11) is 0. The summed E-state index contributed by atoms with van der Waals surface area (Å²) < 4.78 is 5.44. The molecular weight excluding hydrogens is 434 g/mol. The molecule has 0 radical (unpaired) electrons. The third-order valence-electron chi connectivity index (χ3n) is 5.10. The highest BCUT2D eigenvalue weighted by molar-refractivity contribution is 8.18. The maximum Gasteiger partial charge on any atom is 0.267 e. The van der Waals surface area contributed by atoms with Crippen LogP contribution in [0.2, 0.25) is 0 Å². The standard InChI is InChI=1S/C26H25N3O3S/c1-26(2,3)20-10-6-18(7-11-20)15-23-24(31)29(17-22-5-4-14-32-22)25(33-23)28-27-16-19-8-12-21(30)13-9-19/h4-16,30H,17H2,1-3H3/b23-15-,27-16+,28-25-. The fourth-order valence-corrected chi connectivity index (χ4v) is 4.15. The molecule has 0 atom stereocenters. The topological polar surface area (TPSA) is 78.4 Å². The van der Waals surface area contributed by atoms with Crippen molar-refractivity contribution in [2.45, 2.75) is 32.7 Å². The van der Waals surface area contributed by atoms with Crippen LogP contribution < -0.4 is 0 Å². The Morgan fingerprint density at radius 3 is 2.36 bits per heavy atom. The SMILES string of the molecule is CC(C)(C)c1ccc(/C=C2\S/C(=N\N=C\c3ccc(O)cc3)N(Cc3ccco3)C2=O)cc1. The van der Waals surface area contributed by atoms with Gasteiger partial charge in [-0.15, -0.1) is 5.10 Å². The Morgan fingerprint density at radius 1 is 1.03 bits per heavy atom. The molecule has 1 aliphatic heterocycles. The van der Waals surface area contributed by atoms with Crippen molar-refractivity contribution in [3.05, 3.63) is 94.3 Å². The maximum absolute atomic E-state index is 13.2. The summed E-state index contributed by atoms with van der Waals surface area (Å²) >= 11 is 1.28. The van der Waals surface area contributed by atoms with Gasteiger partial charge >= 0.3 is 0 Å². The molecule has 0 bridgehead atoms. The fourth-order valence-electron chi connectivity index (χ4n) is 3.22. The number of rotatable bonds is 5. The Balaban J connectivity index is 1.59. The summed E-state index contributed by atoms with van der Waals surface area (Å²) in [6.07, 6.45) is 5.03. The van der Waals surface area contributed by atoms with E-state index in [4.69, 9.17) is 4.42 Å². The van der Waals surface area contributed by atoms with Gasteiger partial charge in [-0.2, -0.15) is 5.10 Å². The van der Waals surface area contributed by atoms with E-state index in [2.05, 4.69) is 43.1 Å². The average molecular weight is 460 g/mol. The summed E-state index contributed by atoms with van der Waals surface area (Å²) in [6, 6.07) is 18.5. The molecule has 1 aliphatic rings. The third-order valence-corrected chi connectivity index (χ3v) is 6.10. The number of amides is 1. The minimum atomic E-state index is -0.144. The van der Waals surface area contributed by atoms with Crippen LogP contribution in [-0.2, 0) is 16.8 Å². The van der Waals surface area contributed by atoms with Crippen molar-refractivity contribution in [1.29, 1.82) is 0 Å². The van der Waals surface area contributed by atoms with Crippen LogP contribution in [0.15, 0.2) is 86.5 Å². The number of furan rings is 1. The monoisotopic (exact) mass is 459 g/mol. The molecule has 0 saturated carbocycles. The Morgan fingerprint density at radius 2 is 1.73 bits per heavy atom. The van der Waals surface area contributed by atoms with Crippen LogP contribution >= 0.6 is 11.8 Å². The van der Waals surface area contributed by atoms with Gasteiger partial charge in [-0.05, 0) is 76.3 Å². The van der Waals surface area contributed by atoms with E-state index >= 15 is 0 Å². The Hall–Kier alpha value is -3.58. The lowest BCUT2D eigenvalue weighted by Crippen LogP contribution is -2.28. The van der Waals surface area contributed by atoms with E-state index in [0.29, 0.717) is 15.8 Å². The minimum Gasteiger partial charge on any atom is -0.508 e. The molecule has 6 nitrogen and oxygen atoms in total. The lowest BCUT2D eigenvalue weighted by molar-refractivity contribution is -0.122. The lowest BCUT2D eigenvalue weighted by Gasteiger charge is -2.18. The van der Waals surface area contributed by atoms with Crippen LogP contribution in [0.1, 0.15) is 43.2 Å². The summed E-state index contributed by atoms with van der Waals surface area (Å²) in [6.45, 7) is 6.78. The maximum atomic E-state index is 13.2. The molecule has 1 saturated heterocycles. The molecule has 7 heteroatoms.